The zero-order valence-corrected chi connectivity index (χ0v) is 8.24. The minimum absolute atomic E-state index is 0.0607. The van der Waals surface area contributed by atoms with Crippen LogP contribution in [0.15, 0.2) is 18.3 Å². The lowest BCUT2D eigenvalue weighted by atomic mass is 10.2. The predicted molar refractivity (Wildman–Crippen MR) is 54.1 cm³/mol. The van der Waals surface area contributed by atoms with Gasteiger partial charge in [0.15, 0.2) is 12.3 Å². The number of anilines is 1. The van der Waals surface area contributed by atoms with Gasteiger partial charge in [-0.15, -0.1) is 0 Å². The topological polar surface area (TPSA) is 42.1 Å². The molecular formula is C10H13F2N3. The third-order valence-electron chi connectivity index (χ3n) is 2.57. The standard InChI is InChI=1S/C10H13F2N3/c11-8-5-15(6-9(8)12)10-7(4-13)2-1-3-14-10/h1-3,8-9H,4-6,13H2/t8-,9-/m1/s1. The number of alkyl halides is 2. The molecule has 0 aromatic carbocycles. The molecule has 1 aliphatic heterocycles. The summed E-state index contributed by atoms with van der Waals surface area (Å²) in [6.45, 7) is 0.448. The molecule has 1 aliphatic rings. The highest BCUT2D eigenvalue weighted by Gasteiger charge is 2.34. The Morgan fingerprint density at radius 2 is 2.07 bits per heavy atom. The summed E-state index contributed by atoms with van der Waals surface area (Å²) in [6.07, 6.45) is -1.23. The van der Waals surface area contributed by atoms with Crippen LogP contribution in [0.3, 0.4) is 0 Å². The first-order chi connectivity index (χ1) is 7.22. The van der Waals surface area contributed by atoms with Crippen molar-refractivity contribution in [3.05, 3.63) is 23.9 Å². The number of nitrogens with zero attached hydrogens (tertiary/aromatic N) is 2. The Kier molecular flexibility index (Phi) is 2.81. The van der Waals surface area contributed by atoms with E-state index in [4.69, 9.17) is 5.73 Å². The maximum Gasteiger partial charge on any atom is 0.150 e. The van der Waals surface area contributed by atoms with Crippen LogP contribution in [-0.2, 0) is 6.54 Å². The first-order valence-electron chi connectivity index (χ1n) is 4.89. The van der Waals surface area contributed by atoms with Gasteiger partial charge in [-0.05, 0) is 6.07 Å². The molecule has 0 amide bonds. The van der Waals surface area contributed by atoms with E-state index in [9.17, 15) is 8.78 Å². The van der Waals surface area contributed by atoms with Gasteiger partial charge in [0.25, 0.3) is 0 Å². The van der Waals surface area contributed by atoms with Gasteiger partial charge >= 0.3 is 0 Å². The average molecular weight is 213 g/mol. The van der Waals surface area contributed by atoms with E-state index in [0.717, 1.165) is 5.56 Å². The van der Waals surface area contributed by atoms with Crippen LogP contribution in [0.25, 0.3) is 0 Å². The number of hydrogen-bond donors (Lipinski definition) is 1. The van der Waals surface area contributed by atoms with Gasteiger partial charge in [-0.1, -0.05) is 6.07 Å². The molecule has 2 N–H and O–H groups in total. The predicted octanol–water partition coefficient (Wildman–Crippen LogP) is 1.04. The second kappa shape index (κ2) is 4.10. The lowest BCUT2D eigenvalue weighted by Crippen LogP contribution is -2.23. The quantitative estimate of drug-likeness (QED) is 0.798. The van der Waals surface area contributed by atoms with E-state index in [1.165, 1.54) is 0 Å². The van der Waals surface area contributed by atoms with Gasteiger partial charge in [0, 0.05) is 18.3 Å². The second-order valence-corrected chi connectivity index (χ2v) is 3.63. The molecule has 1 aromatic rings. The second-order valence-electron chi connectivity index (χ2n) is 3.63. The Balaban J connectivity index is 2.23. The van der Waals surface area contributed by atoms with Crippen LogP contribution in [0.5, 0.6) is 0 Å². The summed E-state index contributed by atoms with van der Waals surface area (Å²) in [5.41, 5.74) is 6.35. The van der Waals surface area contributed by atoms with Crippen LogP contribution in [0.2, 0.25) is 0 Å². The normalized spacial score (nSPS) is 25.9. The molecule has 0 spiro atoms. The molecule has 1 fully saturated rings. The van der Waals surface area contributed by atoms with Crippen LogP contribution >= 0.6 is 0 Å². The van der Waals surface area contributed by atoms with Crippen LogP contribution in [0.4, 0.5) is 14.6 Å². The average Bonchev–Trinajstić information content (AvgIpc) is 2.59. The molecule has 2 heterocycles. The largest absolute Gasteiger partial charge is 0.350 e. The van der Waals surface area contributed by atoms with Crippen molar-refractivity contribution in [2.45, 2.75) is 18.9 Å². The van der Waals surface area contributed by atoms with Crippen molar-refractivity contribution in [2.75, 3.05) is 18.0 Å². The number of rotatable bonds is 2. The molecule has 2 atom stereocenters. The van der Waals surface area contributed by atoms with Crippen molar-refractivity contribution >= 4 is 5.82 Å². The maximum atomic E-state index is 13.0. The summed E-state index contributed by atoms with van der Waals surface area (Å²) in [5, 5.41) is 0. The number of pyridine rings is 1. The summed E-state index contributed by atoms with van der Waals surface area (Å²) in [6, 6.07) is 3.59. The first-order valence-corrected chi connectivity index (χ1v) is 4.89. The zero-order valence-electron chi connectivity index (χ0n) is 8.24. The fourth-order valence-corrected chi connectivity index (χ4v) is 1.77. The summed E-state index contributed by atoms with van der Waals surface area (Å²) < 4.78 is 26.0. The van der Waals surface area contributed by atoms with Gasteiger partial charge < -0.3 is 10.6 Å². The summed E-state index contributed by atoms with van der Waals surface area (Å²) in [5.74, 6) is 0.600. The molecule has 1 aromatic heterocycles. The molecule has 1 saturated heterocycles. The van der Waals surface area contributed by atoms with Gasteiger partial charge in [-0.2, -0.15) is 0 Å². The maximum absolute atomic E-state index is 13.0. The van der Waals surface area contributed by atoms with Crippen LogP contribution in [0, 0.1) is 0 Å². The molecule has 5 heteroatoms. The van der Waals surface area contributed by atoms with Crippen molar-refractivity contribution in [1.82, 2.24) is 4.98 Å². The lowest BCUT2D eigenvalue weighted by molar-refractivity contribution is 0.217. The van der Waals surface area contributed by atoms with Gasteiger partial charge in [-0.25, -0.2) is 13.8 Å². The van der Waals surface area contributed by atoms with Crippen LogP contribution < -0.4 is 10.6 Å². The fraction of sp³-hybridized carbons (Fsp3) is 0.500. The number of halogens is 2. The smallest absolute Gasteiger partial charge is 0.150 e. The van der Waals surface area contributed by atoms with E-state index in [0.29, 0.717) is 12.4 Å². The monoisotopic (exact) mass is 213 g/mol. The summed E-state index contributed by atoms with van der Waals surface area (Å²) in [7, 11) is 0. The van der Waals surface area contributed by atoms with Gasteiger partial charge in [0.1, 0.15) is 5.82 Å². The minimum atomic E-state index is -1.42. The van der Waals surface area contributed by atoms with Crippen molar-refractivity contribution in [2.24, 2.45) is 5.73 Å². The summed E-state index contributed by atoms with van der Waals surface area (Å²) in [4.78, 5) is 5.72. The molecule has 0 unspecified atom stereocenters. The highest BCUT2D eigenvalue weighted by Crippen LogP contribution is 2.24. The molecule has 2 rings (SSSR count). The van der Waals surface area contributed by atoms with Gasteiger partial charge in [-0.3, -0.25) is 0 Å². The van der Waals surface area contributed by atoms with E-state index < -0.39 is 12.3 Å². The van der Waals surface area contributed by atoms with Crippen molar-refractivity contribution in [3.8, 4) is 0 Å². The van der Waals surface area contributed by atoms with Crippen molar-refractivity contribution < 1.29 is 8.78 Å². The Morgan fingerprint density at radius 1 is 1.40 bits per heavy atom. The minimum Gasteiger partial charge on any atom is -0.350 e. The lowest BCUT2D eigenvalue weighted by Gasteiger charge is -2.18. The van der Waals surface area contributed by atoms with Crippen molar-refractivity contribution in [1.29, 1.82) is 0 Å². The third-order valence-corrected chi connectivity index (χ3v) is 2.57. The molecule has 15 heavy (non-hydrogen) atoms. The first kappa shape index (κ1) is 10.3. The number of hydrogen-bond acceptors (Lipinski definition) is 3. The van der Waals surface area contributed by atoms with Crippen LogP contribution in [-0.4, -0.2) is 30.4 Å². The molecular weight excluding hydrogens is 200 g/mol. The Hall–Kier alpha value is -1.23. The van der Waals surface area contributed by atoms with Gasteiger partial charge in [0.05, 0.1) is 13.1 Å². The Labute approximate surface area is 86.9 Å². The van der Waals surface area contributed by atoms with E-state index in [2.05, 4.69) is 4.98 Å². The molecule has 0 saturated carbocycles. The number of nitrogens with two attached hydrogens (primary N) is 1. The van der Waals surface area contributed by atoms with E-state index in [1.54, 1.807) is 17.2 Å². The molecule has 82 valence electrons. The zero-order chi connectivity index (χ0) is 10.8. The molecule has 3 nitrogen and oxygen atoms in total. The van der Waals surface area contributed by atoms with E-state index in [-0.39, 0.29) is 13.1 Å². The third kappa shape index (κ3) is 1.92. The highest BCUT2D eigenvalue weighted by atomic mass is 19.2. The highest BCUT2D eigenvalue weighted by molar-refractivity contribution is 5.48. The molecule has 0 bridgehead atoms. The molecule has 0 radical (unpaired) electrons. The van der Waals surface area contributed by atoms with Crippen molar-refractivity contribution in [3.63, 3.8) is 0 Å². The van der Waals surface area contributed by atoms with Gasteiger partial charge in [0.2, 0.25) is 0 Å². The Bertz CT molecular complexity index is 335. The van der Waals surface area contributed by atoms with Crippen LogP contribution in [0.1, 0.15) is 5.56 Å². The fourth-order valence-electron chi connectivity index (χ4n) is 1.77. The molecule has 0 aliphatic carbocycles. The SMILES string of the molecule is NCc1cccnc1N1C[C@@H](F)[C@H](F)C1. The van der Waals surface area contributed by atoms with E-state index in [1.807, 2.05) is 6.07 Å². The van der Waals surface area contributed by atoms with E-state index >= 15 is 0 Å². The number of aromatic nitrogens is 1. The Morgan fingerprint density at radius 3 is 2.67 bits per heavy atom. The summed E-state index contributed by atoms with van der Waals surface area (Å²) >= 11 is 0.